The number of carbonyl (C=O) groups is 2. The lowest BCUT2D eigenvalue weighted by Gasteiger charge is -2.71. The number of aliphatic hydroxyl groups is 10. The fraction of sp³-hybridized carbons (Fsp3) is 0.918. The molecule has 394 valence electrons. The number of hydrogen-bond acceptors (Lipinski definition) is 20. The van der Waals surface area contributed by atoms with E-state index in [9.17, 15) is 55.9 Å². The number of fused-ring (bicyclic) bond motifs is 7. The predicted octanol–water partition coefficient (Wildman–Crippen LogP) is -0.446. The molecule has 10 N–H and O–H groups in total. The maximum atomic E-state index is 15.0. The Morgan fingerprint density at radius 3 is 2.01 bits per heavy atom. The third-order valence-corrected chi connectivity index (χ3v) is 19.4. The van der Waals surface area contributed by atoms with Gasteiger partial charge < -0.3 is 89.0 Å². The molecule has 0 radical (unpaired) electrons. The van der Waals surface area contributed by atoms with Crippen LogP contribution in [0.25, 0.3) is 0 Å². The zero-order chi connectivity index (χ0) is 50.7. The summed E-state index contributed by atoms with van der Waals surface area (Å²) >= 11 is 0. The van der Waals surface area contributed by atoms with E-state index in [1.807, 2.05) is 6.92 Å². The summed E-state index contributed by atoms with van der Waals surface area (Å²) in [5.41, 5.74) is -2.14. The second kappa shape index (κ2) is 19.1. The van der Waals surface area contributed by atoms with Crippen molar-refractivity contribution in [3.63, 3.8) is 0 Å². The highest BCUT2D eigenvalue weighted by atomic mass is 16.8. The first-order valence-corrected chi connectivity index (χ1v) is 24.8. The number of hydrogen-bond donors (Lipinski definition) is 10. The van der Waals surface area contributed by atoms with Crippen LogP contribution in [-0.4, -0.2) is 193 Å². The molecule has 0 bridgehead atoms. The molecular weight excluding hydrogens is 909 g/mol. The van der Waals surface area contributed by atoms with Crippen LogP contribution < -0.4 is 0 Å². The summed E-state index contributed by atoms with van der Waals surface area (Å²) in [6, 6.07) is 0. The molecule has 4 aliphatic carbocycles. The molecule has 8 fully saturated rings. The minimum Gasteiger partial charge on any atom is -0.469 e. The normalized spacial score (nSPS) is 53.5. The highest BCUT2D eigenvalue weighted by molar-refractivity contribution is 5.78. The first-order valence-electron chi connectivity index (χ1n) is 24.8. The number of aliphatic hydroxyl groups excluding tert-OH is 10. The van der Waals surface area contributed by atoms with Crippen LogP contribution in [0.2, 0.25) is 0 Å². The molecule has 0 aromatic rings. The van der Waals surface area contributed by atoms with Gasteiger partial charge in [0.25, 0.3) is 0 Å². The number of esters is 2. The average Bonchev–Trinajstić information content (AvgIpc) is 3.79. The van der Waals surface area contributed by atoms with E-state index >= 15 is 4.79 Å². The standard InChI is InChI=1S/C49H78O20/c1-20(2)22-10-13-49(15-14-46(6)23(30(22)49)16-24(51)40-47(46,7)12-11-27-45(4,5)69-28(48(27,40)8)17-29(52)62-9)44(61)68-43-37(59)34(56)32(54)26(66-43)19-63-41-38(60)35(57)39(25(18-50)65-41)67-42-36(58)33(55)31(53)21(3)64-42/h21-28,30-43,50-51,53-60H,1,10-19H2,2-9H3/t21-,22-,23+,24+,25+,26+,27+,28+,30+,31-,32+,33+,34-,35+,36+,37+,38+,39+,40-,41+,42-,43-,46+,47+,48-,49+/m0/s1. The lowest BCUT2D eigenvalue weighted by atomic mass is 9.33. The Morgan fingerprint density at radius 2 is 1.36 bits per heavy atom. The average molecular weight is 987 g/mol. The number of ether oxygens (including phenoxy) is 8. The van der Waals surface area contributed by atoms with Crippen LogP contribution in [0.5, 0.6) is 0 Å². The van der Waals surface area contributed by atoms with Crippen LogP contribution in [0, 0.1) is 51.2 Å². The summed E-state index contributed by atoms with van der Waals surface area (Å²) in [7, 11) is 1.37. The van der Waals surface area contributed by atoms with Gasteiger partial charge in [-0.05, 0) is 113 Å². The van der Waals surface area contributed by atoms with Crippen molar-refractivity contribution in [2.45, 2.75) is 210 Å². The van der Waals surface area contributed by atoms with Crippen molar-refractivity contribution in [2.24, 2.45) is 51.2 Å². The van der Waals surface area contributed by atoms with E-state index in [0.717, 1.165) is 18.4 Å². The molecule has 20 heteroatoms. The van der Waals surface area contributed by atoms with E-state index in [1.54, 1.807) is 0 Å². The van der Waals surface area contributed by atoms with Crippen molar-refractivity contribution in [3.05, 3.63) is 12.2 Å². The third-order valence-electron chi connectivity index (χ3n) is 19.4. The van der Waals surface area contributed by atoms with Crippen molar-refractivity contribution < 1.29 is 98.5 Å². The third kappa shape index (κ3) is 8.36. The quantitative estimate of drug-likeness (QED) is 0.0927. The highest BCUT2D eigenvalue weighted by Crippen LogP contribution is 2.78. The molecule has 8 rings (SSSR count). The van der Waals surface area contributed by atoms with E-state index in [1.165, 1.54) is 14.0 Å². The number of methoxy groups -OCH3 is 1. The Bertz CT molecular complexity index is 1900. The van der Waals surface area contributed by atoms with Gasteiger partial charge in [0.05, 0.1) is 56.1 Å². The molecule has 0 aromatic heterocycles. The van der Waals surface area contributed by atoms with Crippen molar-refractivity contribution in [1.29, 1.82) is 0 Å². The molecular formula is C49H78O20. The lowest BCUT2D eigenvalue weighted by Crippen LogP contribution is -2.69. The summed E-state index contributed by atoms with van der Waals surface area (Å²) in [6.07, 6.45) is -21.7. The predicted molar refractivity (Wildman–Crippen MR) is 237 cm³/mol. The summed E-state index contributed by atoms with van der Waals surface area (Å²) in [4.78, 5) is 27.9. The number of allylic oxidation sites excluding steroid dienone is 1. The van der Waals surface area contributed by atoms with Gasteiger partial charge in [-0.25, -0.2) is 0 Å². The molecule has 20 nitrogen and oxygen atoms in total. The van der Waals surface area contributed by atoms with Gasteiger partial charge in [-0.3, -0.25) is 9.59 Å². The maximum Gasteiger partial charge on any atom is 0.314 e. The molecule has 0 spiro atoms. The summed E-state index contributed by atoms with van der Waals surface area (Å²) in [5, 5.41) is 109. The van der Waals surface area contributed by atoms with Crippen LogP contribution in [0.3, 0.4) is 0 Å². The van der Waals surface area contributed by atoms with Crippen molar-refractivity contribution in [1.82, 2.24) is 0 Å². The molecule has 0 aromatic carbocycles. The topological polar surface area (TPSA) is 310 Å². The molecule has 0 amide bonds. The van der Waals surface area contributed by atoms with Crippen LogP contribution in [0.1, 0.15) is 99.8 Å². The second-order valence-corrected chi connectivity index (χ2v) is 23.1. The van der Waals surface area contributed by atoms with Gasteiger partial charge in [0.1, 0.15) is 67.1 Å². The molecule has 8 aliphatic rings. The van der Waals surface area contributed by atoms with Gasteiger partial charge in [0.15, 0.2) is 12.6 Å². The van der Waals surface area contributed by atoms with Gasteiger partial charge in [0.2, 0.25) is 6.29 Å². The zero-order valence-corrected chi connectivity index (χ0v) is 41.0. The molecule has 26 atom stereocenters. The van der Waals surface area contributed by atoms with Gasteiger partial charge in [-0.1, -0.05) is 32.9 Å². The first-order chi connectivity index (χ1) is 32.2. The van der Waals surface area contributed by atoms with Crippen LogP contribution in [0.15, 0.2) is 12.2 Å². The minimum atomic E-state index is -1.89. The van der Waals surface area contributed by atoms with Gasteiger partial charge >= 0.3 is 11.9 Å². The molecule has 69 heavy (non-hydrogen) atoms. The van der Waals surface area contributed by atoms with Crippen molar-refractivity contribution in [2.75, 3.05) is 20.3 Å². The molecule has 4 aliphatic heterocycles. The van der Waals surface area contributed by atoms with Crippen LogP contribution in [-0.2, 0) is 47.5 Å². The largest absolute Gasteiger partial charge is 0.469 e. The highest BCUT2D eigenvalue weighted by Gasteiger charge is 2.76. The minimum absolute atomic E-state index is 0.0661. The van der Waals surface area contributed by atoms with E-state index in [0.29, 0.717) is 32.1 Å². The Balaban J connectivity index is 0.987. The van der Waals surface area contributed by atoms with Crippen LogP contribution >= 0.6 is 0 Å². The number of carbonyl (C=O) groups excluding carboxylic acids is 2. The molecule has 0 unspecified atom stereocenters. The van der Waals surface area contributed by atoms with E-state index in [-0.39, 0.29) is 47.4 Å². The first kappa shape index (κ1) is 53.3. The smallest absolute Gasteiger partial charge is 0.314 e. The monoisotopic (exact) mass is 987 g/mol. The van der Waals surface area contributed by atoms with Crippen molar-refractivity contribution >= 4 is 11.9 Å². The van der Waals surface area contributed by atoms with E-state index in [4.69, 9.17) is 37.9 Å². The van der Waals surface area contributed by atoms with Gasteiger partial charge in [0, 0.05) is 5.41 Å². The summed E-state index contributed by atoms with van der Waals surface area (Å²) in [6.45, 7) is 17.2. The second-order valence-electron chi connectivity index (χ2n) is 23.1. The molecule has 4 saturated carbocycles. The fourth-order valence-electron chi connectivity index (χ4n) is 15.7. The van der Waals surface area contributed by atoms with E-state index in [2.05, 4.69) is 41.2 Å². The lowest BCUT2D eigenvalue weighted by molar-refractivity contribution is -0.361. The summed E-state index contributed by atoms with van der Waals surface area (Å²) < 4.78 is 46.5. The fourth-order valence-corrected chi connectivity index (χ4v) is 15.7. The zero-order valence-electron chi connectivity index (χ0n) is 41.0. The Hall–Kier alpha value is -1.96. The Morgan fingerprint density at radius 1 is 0.725 bits per heavy atom. The SMILES string of the molecule is C=C(C)[C@@H]1CC[C@@]2(C(=O)O[C@@H]3O[C@H](CO[C@@H]4O[C@H](CO)[C@@H](O[C@@H]5O[C@@H](C)[C@H](O)[C@@H](O)[C@H]5O)[C@H](O)[C@H]4O)[C@@H](O)[C@H](O)[C@H]3O)CC[C@]3(C)[C@H](C[C@@H](O)[C@@H]4[C@@]5(C)[C@H](CC[C@]43C)C(C)(C)O[C@@H]5CC(=O)OC)[C@@H]12. The Labute approximate surface area is 403 Å². The van der Waals surface area contributed by atoms with E-state index < -0.39 is 145 Å². The van der Waals surface area contributed by atoms with Crippen LogP contribution in [0.4, 0.5) is 0 Å². The number of rotatable bonds is 11. The van der Waals surface area contributed by atoms with Gasteiger partial charge in [-0.2, -0.15) is 0 Å². The molecule has 4 saturated heterocycles. The summed E-state index contributed by atoms with van der Waals surface area (Å²) in [5.74, 6) is -1.80. The maximum absolute atomic E-state index is 15.0. The Kier molecular flexibility index (Phi) is 14.7. The van der Waals surface area contributed by atoms with Crippen molar-refractivity contribution in [3.8, 4) is 0 Å². The molecule has 4 heterocycles. The van der Waals surface area contributed by atoms with Gasteiger partial charge in [-0.15, -0.1) is 0 Å².